The summed E-state index contributed by atoms with van der Waals surface area (Å²) < 4.78 is 4.98. The van der Waals surface area contributed by atoms with Gasteiger partial charge in [0.25, 0.3) is 0 Å². The van der Waals surface area contributed by atoms with Crippen LogP contribution in [0.5, 0.6) is 0 Å². The first-order valence-corrected chi connectivity index (χ1v) is 10.3. The summed E-state index contributed by atoms with van der Waals surface area (Å²) >= 11 is 0. The summed E-state index contributed by atoms with van der Waals surface area (Å²) in [6.07, 6.45) is 9.65. The van der Waals surface area contributed by atoms with Crippen LogP contribution in [0.15, 0.2) is 0 Å². The van der Waals surface area contributed by atoms with Crippen LogP contribution >= 0.6 is 0 Å². The van der Waals surface area contributed by atoms with Gasteiger partial charge in [-0.25, -0.2) is 0 Å². The van der Waals surface area contributed by atoms with Gasteiger partial charge < -0.3 is 20.1 Å². The van der Waals surface area contributed by atoms with Gasteiger partial charge in [0.1, 0.15) is 6.54 Å². The van der Waals surface area contributed by atoms with Crippen LogP contribution in [0.2, 0.25) is 0 Å². The zero-order chi connectivity index (χ0) is 19.6. The maximum atomic E-state index is 12.7. The Kier molecular flexibility index (Phi) is 9.04. The maximum absolute atomic E-state index is 12.7. The van der Waals surface area contributed by atoms with Crippen molar-refractivity contribution in [1.29, 1.82) is 0 Å². The molecule has 0 bridgehead atoms. The second-order valence-corrected chi connectivity index (χ2v) is 7.97. The minimum Gasteiger partial charge on any atom is -0.480 e. The van der Waals surface area contributed by atoms with Gasteiger partial charge in [0.05, 0.1) is 6.61 Å². The number of nitrogens with one attached hydrogen (secondary N) is 1. The number of ether oxygens (including phenoxy) is 1. The number of rotatable bonds is 9. The van der Waals surface area contributed by atoms with E-state index in [0.717, 1.165) is 25.7 Å². The van der Waals surface area contributed by atoms with E-state index in [-0.39, 0.29) is 30.3 Å². The quantitative estimate of drug-likeness (QED) is 0.637. The molecule has 0 aromatic heterocycles. The summed E-state index contributed by atoms with van der Waals surface area (Å²) in [5.74, 6) is -0.608. The molecule has 2 aliphatic rings. The Morgan fingerprint density at radius 2 is 1.70 bits per heavy atom. The molecule has 2 saturated carbocycles. The molecule has 0 unspecified atom stereocenters. The van der Waals surface area contributed by atoms with E-state index in [1.54, 1.807) is 0 Å². The molecule has 0 heterocycles. The average Bonchev–Trinajstić information content (AvgIpc) is 2.65. The summed E-state index contributed by atoms with van der Waals surface area (Å²) in [6.45, 7) is 0.325. The molecular formula is C20H34N2O5. The number of carboxylic acids is 1. The molecule has 0 aromatic carbocycles. The predicted molar refractivity (Wildman–Crippen MR) is 101 cm³/mol. The minimum absolute atomic E-state index is 0.110. The highest BCUT2D eigenvalue weighted by Crippen LogP contribution is 2.28. The van der Waals surface area contributed by atoms with Gasteiger partial charge in [-0.05, 0) is 44.4 Å². The van der Waals surface area contributed by atoms with Crippen LogP contribution in [0.25, 0.3) is 0 Å². The average molecular weight is 383 g/mol. The van der Waals surface area contributed by atoms with Gasteiger partial charge in [0, 0.05) is 32.0 Å². The SMILES string of the molecule is COCCN(CC(=O)O)C(=O)C1CCC(NC(=O)CC2CCCCC2)CC1. The van der Waals surface area contributed by atoms with Crippen LogP contribution in [-0.4, -0.2) is 60.6 Å². The molecule has 2 aliphatic carbocycles. The number of amides is 2. The van der Waals surface area contributed by atoms with Crippen LogP contribution in [0.1, 0.15) is 64.2 Å². The van der Waals surface area contributed by atoms with Crippen molar-refractivity contribution < 1.29 is 24.2 Å². The Hall–Kier alpha value is -1.63. The topological polar surface area (TPSA) is 95.9 Å². The van der Waals surface area contributed by atoms with E-state index >= 15 is 0 Å². The highest BCUT2D eigenvalue weighted by molar-refractivity contribution is 5.83. The fourth-order valence-electron chi connectivity index (χ4n) is 4.31. The van der Waals surface area contributed by atoms with E-state index in [4.69, 9.17) is 9.84 Å². The standard InChI is InChI=1S/C20H34N2O5/c1-27-12-11-22(14-19(24)25)20(26)16-7-9-17(10-8-16)21-18(23)13-15-5-3-2-4-6-15/h15-17H,2-14H2,1H3,(H,21,23)(H,24,25). The van der Waals surface area contributed by atoms with E-state index < -0.39 is 5.97 Å². The summed E-state index contributed by atoms with van der Waals surface area (Å²) in [4.78, 5) is 37.3. The van der Waals surface area contributed by atoms with Crippen LogP contribution < -0.4 is 5.32 Å². The molecule has 0 radical (unpaired) electrons. The number of carboxylic acid groups (broad SMARTS) is 1. The van der Waals surface area contributed by atoms with Crippen molar-refractivity contribution in [2.24, 2.45) is 11.8 Å². The van der Waals surface area contributed by atoms with Crippen LogP contribution in [-0.2, 0) is 19.1 Å². The highest BCUT2D eigenvalue weighted by Gasteiger charge is 2.31. The first-order valence-electron chi connectivity index (χ1n) is 10.3. The number of carbonyl (C=O) groups excluding carboxylic acids is 2. The van der Waals surface area contributed by atoms with Gasteiger partial charge in [0.15, 0.2) is 0 Å². The van der Waals surface area contributed by atoms with Crippen LogP contribution in [0, 0.1) is 11.8 Å². The molecular weight excluding hydrogens is 348 g/mol. The summed E-state index contributed by atoms with van der Waals surface area (Å²) in [5.41, 5.74) is 0. The first-order chi connectivity index (χ1) is 13.0. The largest absolute Gasteiger partial charge is 0.480 e. The molecule has 2 rings (SSSR count). The number of carbonyl (C=O) groups is 3. The second kappa shape index (κ2) is 11.3. The van der Waals surface area contributed by atoms with Crippen molar-refractivity contribution in [2.45, 2.75) is 70.3 Å². The third-order valence-electron chi connectivity index (χ3n) is 5.84. The maximum Gasteiger partial charge on any atom is 0.323 e. The summed E-state index contributed by atoms with van der Waals surface area (Å²) in [6, 6.07) is 0.136. The summed E-state index contributed by atoms with van der Waals surface area (Å²) in [7, 11) is 1.53. The molecule has 0 atom stereocenters. The fourth-order valence-corrected chi connectivity index (χ4v) is 4.31. The number of aliphatic carboxylic acids is 1. The van der Waals surface area contributed by atoms with Crippen molar-refractivity contribution in [3.8, 4) is 0 Å². The lowest BCUT2D eigenvalue weighted by Crippen LogP contribution is -2.45. The molecule has 7 nitrogen and oxygen atoms in total. The predicted octanol–water partition coefficient (Wildman–Crippen LogP) is 2.19. The van der Waals surface area contributed by atoms with Crippen molar-refractivity contribution in [2.75, 3.05) is 26.8 Å². The summed E-state index contributed by atoms with van der Waals surface area (Å²) in [5, 5.41) is 12.2. The zero-order valence-electron chi connectivity index (χ0n) is 16.5. The highest BCUT2D eigenvalue weighted by atomic mass is 16.5. The smallest absolute Gasteiger partial charge is 0.323 e. The van der Waals surface area contributed by atoms with Gasteiger partial charge in [-0.1, -0.05) is 19.3 Å². The lowest BCUT2D eigenvalue weighted by Gasteiger charge is -2.32. The van der Waals surface area contributed by atoms with E-state index in [2.05, 4.69) is 5.32 Å². The molecule has 2 amide bonds. The molecule has 154 valence electrons. The van der Waals surface area contributed by atoms with E-state index in [1.165, 1.54) is 31.3 Å². The number of methoxy groups -OCH3 is 1. The third-order valence-corrected chi connectivity index (χ3v) is 5.84. The Labute approximate surface area is 161 Å². The molecule has 0 aromatic rings. The Balaban J connectivity index is 1.74. The Morgan fingerprint density at radius 3 is 2.30 bits per heavy atom. The number of nitrogens with zero attached hydrogens (tertiary/aromatic N) is 1. The lowest BCUT2D eigenvalue weighted by molar-refractivity contribution is -0.147. The zero-order valence-corrected chi connectivity index (χ0v) is 16.5. The van der Waals surface area contributed by atoms with E-state index in [0.29, 0.717) is 38.3 Å². The third kappa shape index (κ3) is 7.48. The Morgan fingerprint density at radius 1 is 1.04 bits per heavy atom. The van der Waals surface area contributed by atoms with Crippen LogP contribution in [0.3, 0.4) is 0 Å². The molecule has 0 aliphatic heterocycles. The Bertz CT molecular complexity index is 497. The van der Waals surface area contributed by atoms with Gasteiger partial charge >= 0.3 is 5.97 Å². The number of hydrogen-bond acceptors (Lipinski definition) is 4. The van der Waals surface area contributed by atoms with Gasteiger partial charge in [0.2, 0.25) is 11.8 Å². The van der Waals surface area contributed by atoms with Crippen LogP contribution in [0.4, 0.5) is 0 Å². The minimum atomic E-state index is -1.01. The first kappa shape index (κ1) is 21.7. The molecule has 0 saturated heterocycles. The van der Waals surface area contributed by atoms with Gasteiger partial charge in [-0.15, -0.1) is 0 Å². The molecule has 2 fully saturated rings. The molecule has 0 spiro atoms. The van der Waals surface area contributed by atoms with E-state index in [1.807, 2.05) is 0 Å². The monoisotopic (exact) mass is 382 g/mol. The van der Waals surface area contributed by atoms with Crippen molar-refractivity contribution in [3.63, 3.8) is 0 Å². The molecule has 7 heteroatoms. The van der Waals surface area contributed by atoms with Crippen molar-refractivity contribution >= 4 is 17.8 Å². The van der Waals surface area contributed by atoms with E-state index in [9.17, 15) is 14.4 Å². The number of hydrogen-bond donors (Lipinski definition) is 2. The van der Waals surface area contributed by atoms with Crippen molar-refractivity contribution in [1.82, 2.24) is 10.2 Å². The van der Waals surface area contributed by atoms with Gasteiger partial charge in [-0.2, -0.15) is 0 Å². The molecule has 27 heavy (non-hydrogen) atoms. The molecule has 2 N–H and O–H groups in total. The van der Waals surface area contributed by atoms with Crippen molar-refractivity contribution in [3.05, 3.63) is 0 Å². The lowest BCUT2D eigenvalue weighted by atomic mass is 9.84. The fraction of sp³-hybridized carbons (Fsp3) is 0.850. The second-order valence-electron chi connectivity index (χ2n) is 7.97. The van der Waals surface area contributed by atoms with Gasteiger partial charge in [-0.3, -0.25) is 14.4 Å². The normalized spacial score (nSPS) is 23.6.